The van der Waals surface area contributed by atoms with Gasteiger partial charge >= 0.3 is 6.03 Å². The largest absolute Gasteiger partial charge is 0.368 e. The van der Waals surface area contributed by atoms with Crippen LogP contribution in [-0.4, -0.2) is 28.4 Å². The summed E-state index contributed by atoms with van der Waals surface area (Å²) in [4.78, 5) is 40.4. The summed E-state index contributed by atoms with van der Waals surface area (Å²) in [7, 11) is 0. The minimum absolute atomic E-state index is 0.149. The van der Waals surface area contributed by atoms with Crippen LogP contribution in [0, 0.1) is 5.82 Å². The Morgan fingerprint density at radius 3 is 2.59 bits per heavy atom. The van der Waals surface area contributed by atoms with Crippen LogP contribution in [0.2, 0.25) is 5.02 Å². The number of hydrogen-bond donors (Lipinski definition) is 3. The highest BCUT2D eigenvalue weighted by molar-refractivity contribution is 6.31. The van der Waals surface area contributed by atoms with Crippen LogP contribution in [0.1, 0.15) is 18.5 Å². The Bertz CT molecular complexity index is 1150. The minimum Gasteiger partial charge on any atom is -0.368 e. The van der Waals surface area contributed by atoms with Crippen molar-refractivity contribution in [3.8, 4) is 0 Å². The van der Waals surface area contributed by atoms with E-state index >= 15 is 0 Å². The van der Waals surface area contributed by atoms with Gasteiger partial charge in [0.1, 0.15) is 12.4 Å². The summed E-state index contributed by atoms with van der Waals surface area (Å²) in [6.45, 7) is 1.34. The van der Waals surface area contributed by atoms with E-state index in [-0.39, 0.29) is 22.8 Å². The molecule has 0 spiro atoms. The van der Waals surface area contributed by atoms with Gasteiger partial charge in [0.05, 0.1) is 11.1 Å². The maximum atomic E-state index is 13.4. The van der Waals surface area contributed by atoms with Crippen LogP contribution in [0.5, 0.6) is 0 Å². The summed E-state index contributed by atoms with van der Waals surface area (Å²) in [6, 6.07) is 9.43. The van der Waals surface area contributed by atoms with Crippen molar-refractivity contribution in [3.63, 3.8) is 0 Å². The molecule has 3 amide bonds. The number of amides is 3. The van der Waals surface area contributed by atoms with E-state index in [1.54, 1.807) is 31.2 Å². The number of pyridine rings is 1. The molecule has 29 heavy (non-hydrogen) atoms. The summed E-state index contributed by atoms with van der Waals surface area (Å²) in [5, 5.41) is 3.54. The van der Waals surface area contributed by atoms with Gasteiger partial charge in [-0.15, -0.1) is 0 Å². The molecule has 0 unspecified atom stereocenters. The minimum atomic E-state index is -0.710. The lowest BCUT2D eigenvalue weighted by Crippen LogP contribution is -2.42. The van der Waals surface area contributed by atoms with Gasteiger partial charge in [-0.3, -0.25) is 9.59 Å². The van der Waals surface area contributed by atoms with Crippen molar-refractivity contribution in [2.75, 3.05) is 11.9 Å². The molecule has 0 radical (unpaired) electrons. The molecule has 1 aromatic heterocycles. The molecule has 4 N–H and O–H groups in total. The number of fused-ring (bicyclic) bond motifs is 1. The molecule has 1 heterocycles. The molecule has 150 valence electrons. The van der Waals surface area contributed by atoms with E-state index in [2.05, 4.69) is 10.3 Å². The molecule has 0 fully saturated rings. The van der Waals surface area contributed by atoms with Crippen molar-refractivity contribution in [2.45, 2.75) is 13.0 Å². The van der Waals surface area contributed by atoms with E-state index in [4.69, 9.17) is 17.3 Å². The zero-order valence-electron chi connectivity index (χ0n) is 15.4. The first-order valence-electron chi connectivity index (χ1n) is 8.69. The molecule has 7 nitrogen and oxygen atoms in total. The first-order chi connectivity index (χ1) is 13.8. The summed E-state index contributed by atoms with van der Waals surface area (Å²) in [6.07, 6.45) is 1.51. The predicted molar refractivity (Wildman–Crippen MR) is 109 cm³/mol. The molecule has 0 saturated carbocycles. The molecular weight excluding hydrogens is 399 g/mol. The van der Waals surface area contributed by atoms with Crippen molar-refractivity contribution in [1.29, 1.82) is 0 Å². The Kier molecular flexibility index (Phi) is 5.84. The number of carbonyl (C=O) groups excluding carboxylic acids is 2. The fraction of sp³-hybridized carbons (Fsp3) is 0.150. The van der Waals surface area contributed by atoms with Crippen LogP contribution in [0.25, 0.3) is 10.8 Å². The zero-order valence-corrected chi connectivity index (χ0v) is 16.2. The van der Waals surface area contributed by atoms with Crippen LogP contribution in [0.4, 0.5) is 14.9 Å². The summed E-state index contributed by atoms with van der Waals surface area (Å²) in [5.74, 6) is -1.33. The van der Waals surface area contributed by atoms with Crippen molar-refractivity contribution in [3.05, 3.63) is 75.4 Å². The average molecular weight is 417 g/mol. The number of nitrogens with one attached hydrogen (secondary N) is 2. The maximum absolute atomic E-state index is 13.4. The lowest BCUT2D eigenvalue weighted by molar-refractivity contribution is -0.118. The van der Waals surface area contributed by atoms with Crippen molar-refractivity contribution >= 4 is 40.0 Å². The lowest BCUT2D eigenvalue weighted by atomic mass is 10.0. The van der Waals surface area contributed by atoms with Crippen LogP contribution in [0.3, 0.4) is 0 Å². The number of urea groups is 1. The third-order valence-electron chi connectivity index (χ3n) is 4.52. The van der Waals surface area contributed by atoms with E-state index in [0.717, 1.165) is 6.07 Å². The Labute approximate surface area is 170 Å². The van der Waals surface area contributed by atoms with Crippen LogP contribution < -0.4 is 16.6 Å². The topological polar surface area (TPSA) is 108 Å². The van der Waals surface area contributed by atoms with E-state index < -0.39 is 23.8 Å². The first kappa shape index (κ1) is 20.3. The number of primary amides is 1. The number of carbonyl (C=O) groups is 2. The quantitative estimate of drug-likeness (QED) is 0.593. The molecule has 0 bridgehead atoms. The molecule has 2 aromatic carbocycles. The van der Waals surface area contributed by atoms with Gasteiger partial charge in [0.25, 0.3) is 5.56 Å². The monoisotopic (exact) mass is 416 g/mol. The number of benzene rings is 2. The first-order valence-corrected chi connectivity index (χ1v) is 9.07. The van der Waals surface area contributed by atoms with E-state index in [1.807, 2.05) is 0 Å². The van der Waals surface area contributed by atoms with Gasteiger partial charge in [-0.1, -0.05) is 29.8 Å². The second-order valence-electron chi connectivity index (χ2n) is 6.45. The lowest BCUT2D eigenvalue weighted by Gasteiger charge is -2.29. The smallest absolute Gasteiger partial charge is 0.322 e. The summed E-state index contributed by atoms with van der Waals surface area (Å²) >= 11 is 5.75. The summed E-state index contributed by atoms with van der Waals surface area (Å²) < 4.78 is 13.4. The second-order valence-corrected chi connectivity index (χ2v) is 6.86. The van der Waals surface area contributed by atoms with Gasteiger partial charge in [0.15, 0.2) is 0 Å². The Balaban J connectivity index is 1.97. The maximum Gasteiger partial charge on any atom is 0.322 e. The van der Waals surface area contributed by atoms with Crippen molar-refractivity contribution in [1.82, 2.24) is 9.88 Å². The number of hydrogen-bond acceptors (Lipinski definition) is 3. The number of H-pyrrole nitrogens is 1. The number of rotatable bonds is 5. The van der Waals surface area contributed by atoms with E-state index in [0.29, 0.717) is 16.3 Å². The van der Waals surface area contributed by atoms with E-state index in [9.17, 15) is 18.8 Å². The van der Waals surface area contributed by atoms with Crippen molar-refractivity contribution in [2.24, 2.45) is 5.73 Å². The highest BCUT2D eigenvalue weighted by Gasteiger charge is 2.25. The van der Waals surface area contributed by atoms with Crippen molar-refractivity contribution < 1.29 is 14.0 Å². The molecule has 0 aliphatic rings. The SMILES string of the molecule is C[C@H](c1c[nH]c(=O)c2ccccc12)N(CC(N)=O)C(=O)Nc1ccc(F)c(Cl)c1. The number of aromatic amines is 1. The van der Waals surface area contributed by atoms with Gasteiger partial charge in [0, 0.05) is 17.3 Å². The summed E-state index contributed by atoms with van der Waals surface area (Å²) in [5.41, 5.74) is 5.96. The zero-order chi connectivity index (χ0) is 21.1. The molecule has 0 saturated heterocycles. The molecule has 3 aromatic rings. The second kappa shape index (κ2) is 8.32. The van der Waals surface area contributed by atoms with Gasteiger partial charge < -0.3 is 20.9 Å². The Morgan fingerprint density at radius 1 is 1.24 bits per heavy atom. The number of nitrogens with zero attached hydrogens (tertiary/aromatic N) is 1. The molecular formula is C20H18ClFN4O3. The molecule has 0 aliphatic heterocycles. The van der Waals surface area contributed by atoms with Gasteiger partial charge in [-0.05, 0) is 42.1 Å². The molecule has 1 atom stereocenters. The third kappa shape index (κ3) is 4.38. The number of aromatic nitrogens is 1. The number of anilines is 1. The van der Waals surface area contributed by atoms with Gasteiger partial charge in [-0.2, -0.15) is 0 Å². The normalized spacial score (nSPS) is 11.8. The van der Waals surface area contributed by atoms with Crippen LogP contribution in [0.15, 0.2) is 53.5 Å². The number of nitrogens with two attached hydrogens (primary N) is 1. The standard InChI is InChI=1S/C20H18ClFN4O3/c1-11(15-9-24-19(28)14-5-3-2-4-13(14)15)26(10-18(23)27)20(29)25-12-6-7-17(22)16(21)8-12/h2-9,11H,10H2,1H3,(H2,23,27)(H,24,28)(H,25,29)/t11-/m1/s1. The fourth-order valence-corrected chi connectivity index (χ4v) is 3.25. The highest BCUT2D eigenvalue weighted by atomic mass is 35.5. The molecule has 0 aliphatic carbocycles. The Morgan fingerprint density at radius 2 is 1.93 bits per heavy atom. The van der Waals surface area contributed by atoms with Crippen LogP contribution in [-0.2, 0) is 4.79 Å². The Hall–Kier alpha value is -3.39. The molecule has 3 rings (SSSR count). The molecule has 9 heteroatoms. The third-order valence-corrected chi connectivity index (χ3v) is 4.81. The van der Waals surface area contributed by atoms with Crippen LogP contribution >= 0.6 is 11.6 Å². The van der Waals surface area contributed by atoms with Gasteiger partial charge in [0.2, 0.25) is 5.91 Å². The highest BCUT2D eigenvalue weighted by Crippen LogP contribution is 2.27. The predicted octanol–water partition coefficient (Wildman–Crippen LogP) is 3.40. The van der Waals surface area contributed by atoms with Gasteiger partial charge in [-0.25, -0.2) is 9.18 Å². The fourth-order valence-electron chi connectivity index (χ4n) is 3.07. The number of halogens is 2. The average Bonchev–Trinajstić information content (AvgIpc) is 2.69. The van der Waals surface area contributed by atoms with E-state index in [1.165, 1.54) is 23.2 Å².